The first-order valence-corrected chi connectivity index (χ1v) is 7.26. The van der Waals surface area contributed by atoms with Gasteiger partial charge in [-0.15, -0.1) is 0 Å². The van der Waals surface area contributed by atoms with Crippen LogP contribution in [-0.4, -0.2) is 23.5 Å². The third-order valence-corrected chi connectivity index (χ3v) is 3.82. The van der Waals surface area contributed by atoms with Gasteiger partial charge in [0.25, 0.3) is 5.69 Å². The van der Waals surface area contributed by atoms with Crippen molar-refractivity contribution < 1.29 is 13.3 Å². The highest BCUT2D eigenvalue weighted by Gasteiger charge is 2.15. The predicted molar refractivity (Wildman–Crippen MR) is 72.7 cm³/mol. The summed E-state index contributed by atoms with van der Waals surface area (Å²) in [5.41, 5.74) is 1.06. The van der Waals surface area contributed by atoms with E-state index in [1.54, 1.807) is 6.92 Å². The lowest BCUT2D eigenvalue weighted by Crippen LogP contribution is -2.16. The highest BCUT2D eigenvalue weighted by atomic mass is 32.2. The van der Waals surface area contributed by atoms with E-state index in [4.69, 9.17) is 0 Å². The number of aromatic nitrogens is 2. The van der Waals surface area contributed by atoms with Crippen molar-refractivity contribution in [1.82, 2.24) is 10.2 Å². The summed E-state index contributed by atoms with van der Waals surface area (Å²) in [5.74, 6) is 0.0376. The molecule has 2 aromatic rings. The van der Waals surface area contributed by atoms with Crippen molar-refractivity contribution >= 4 is 21.5 Å². The highest BCUT2D eigenvalue weighted by Crippen LogP contribution is 2.16. The molecule has 0 bridgehead atoms. The zero-order chi connectivity index (χ0) is 14.8. The second-order valence-electron chi connectivity index (χ2n) is 4.21. The van der Waals surface area contributed by atoms with Crippen LogP contribution in [0.25, 0.3) is 0 Å². The zero-order valence-corrected chi connectivity index (χ0v) is 11.3. The van der Waals surface area contributed by atoms with Gasteiger partial charge in [-0.1, -0.05) is 12.1 Å². The van der Waals surface area contributed by atoms with E-state index in [1.165, 1.54) is 30.5 Å². The zero-order valence-electron chi connectivity index (χ0n) is 10.5. The van der Waals surface area contributed by atoms with E-state index in [9.17, 15) is 18.5 Å². The minimum Gasteiger partial charge on any atom is -0.267 e. The molecule has 1 aromatic carbocycles. The van der Waals surface area contributed by atoms with E-state index < -0.39 is 14.9 Å². The molecule has 0 saturated heterocycles. The van der Waals surface area contributed by atoms with Gasteiger partial charge in [0.1, 0.15) is 5.82 Å². The standard InChI is InChI=1S/C11H12N4O4S/c1-8-6-12-13-11(8)14-20(18,19)7-9-2-4-10(5-3-9)15(16)17/h2-6H,7H2,1H3,(H2,12,13,14). The van der Waals surface area contributed by atoms with Gasteiger partial charge in [-0.2, -0.15) is 5.10 Å². The molecule has 1 aromatic heterocycles. The van der Waals surface area contributed by atoms with Crippen LogP contribution in [0, 0.1) is 17.0 Å². The number of nitro groups is 1. The number of H-pyrrole nitrogens is 1. The monoisotopic (exact) mass is 296 g/mol. The molecule has 0 amide bonds. The van der Waals surface area contributed by atoms with Crippen LogP contribution in [0.5, 0.6) is 0 Å². The van der Waals surface area contributed by atoms with Crippen LogP contribution in [0.3, 0.4) is 0 Å². The molecule has 0 spiro atoms. The lowest BCUT2D eigenvalue weighted by molar-refractivity contribution is -0.384. The molecule has 0 atom stereocenters. The number of nitro benzene ring substituents is 1. The fourth-order valence-electron chi connectivity index (χ4n) is 1.57. The fraction of sp³-hybridized carbons (Fsp3) is 0.182. The molecule has 0 unspecified atom stereocenters. The summed E-state index contributed by atoms with van der Waals surface area (Å²) < 4.78 is 26.3. The normalized spacial score (nSPS) is 11.2. The van der Waals surface area contributed by atoms with E-state index in [-0.39, 0.29) is 11.4 Å². The minimum atomic E-state index is -3.60. The lowest BCUT2D eigenvalue weighted by atomic mass is 10.2. The molecule has 8 nitrogen and oxygen atoms in total. The van der Waals surface area contributed by atoms with Crippen molar-refractivity contribution in [3.05, 3.63) is 51.7 Å². The van der Waals surface area contributed by atoms with E-state index in [0.29, 0.717) is 16.9 Å². The van der Waals surface area contributed by atoms with Gasteiger partial charge in [-0.25, -0.2) is 8.42 Å². The number of aromatic amines is 1. The molecule has 0 aliphatic carbocycles. The SMILES string of the molecule is Cc1cn[nH]c1NS(=O)(=O)Cc1ccc([N+](=O)[O-])cc1. The second kappa shape index (κ2) is 5.29. The summed E-state index contributed by atoms with van der Waals surface area (Å²) >= 11 is 0. The maximum atomic E-state index is 11.9. The summed E-state index contributed by atoms with van der Waals surface area (Å²) in [6.07, 6.45) is 1.50. The number of nitrogens with one attached hydrogen (secondary N) is 2. The molecular formula is C11H12N4O4S. The van der Waals surface area contributed by atoms with Gasteiger partial charge in [0.05, 0.1) is 16.9 Å². The van der Waals surface area contributed by atoms with Gasteiger partial charge < -0.3 is 0 Å². The van der Waals surface area contributed by atoms with Gasteiger partial charge in [0.2, 0.25) is 10.0 Å². The van der Waals surface area contributed by atoms with Crippen molar-refractivity contribution in [3.8, 4) is 0 Å². The van der Waals surface area contributed by atoms with Crippen LogP contribution >= 0.6 is 0 Å². The molecule has 106 valence electrons. The van der Waals surface area contributed by atoms with Gasteiger partial charge >= 0.3 is 0 Å². The molecular weight excluding hydrogens is 284 g/mol. The molecule has 0 fully saturated rings. The Hall–Kier alpha value is -2.42. The summed E-state index contributed by atoms with van der Waals surface area (Å²) in [5, 5.41) is 16.8. The Balaban J connectivity index is 2.12. The summed E-state index contributed by atoms with van der Waals surface area (Å²) in [7, 11) is -3.60. The van der Waals surface area contributed by atoms with Crippen molar-refractivity contribution in [2.45, 2.75) is 12.7 Å². The maximum Gasteiger partial charge on any atom is 0.269 e. The van der Waals surface area contributed by atoms with Crippen LogP contribution in [-0.2, 0) is 15.8 Å². The topological polar surface area (TPSA) is 118 Å². The van der Waals surface area contributed by atoms with Crippen molar-refractivity contribution in [1.29, 1.82) is 0 Å². The number of hydrogen-bond acceptors (Lipinski definition) is 5. The summed E-state index contributed by atoms with van der Waals surface area (Å²) in [4.78, 5) is 9.97. The first-order valence-electron chi connectivity index (χ1n) is 5.61. The van der Waals surface area contributed by atoms with E-state index in [0.717, 1.165) is 0 Å². The molecule has 0 aliphatic rings. The van der Waals surface area contributed by atoms with Crippen LogP contribution in [0.2, 0.25) is 0 Å². The number of sulfonamides is 1. The summed E-state index contributed by atoms with van der Waals surface area (Å²) in [6, 6.07) is 5.37. The Bertz CT molecular complexity index is 721. The van der Waals surface area contributed by atoms with E-state index >= 15 is 0 Å². The first-order chi connectivity index (χ1) is 9.37. The average molecular weight is 296 g/mol. The molecule has 2 rings (SSSR count). The Morgan fingerprint density at radius 1 is 1.35 bits per heavy atom. The number of aryl methyl sites for hydroxylation is 1. The molecule has 0 aliphatic heterocycles. The Morgan fingerprint density at radius 2 is 2.00 bits per heavy atom. The molecule has 20 heavy (non-hydrogen) atoms. The number of nitrogens with zero attached hydrogens (tertiary/aromatic N) is 2. The van der Waals surface area contributed by atoms with Gasteiger partial charge in [0, 0.05) is 17.7 Å². The number of non-ortho nitro benzene ring substituents is 1. The Morgan fingerprint density at radius 3 is 2.50 bits per heavy atom. The largest absolute Gasteiger partial charge is 0.269 e. The average Bonchev–Trinajstić information content (AvgIpc) is 2.74. The third-order valence-electron chi connectivity index (χ3n) is 2.59. The van der Waals surface area contributed by atoms with Crippen LogP contribution in [0.15, 0.2) is 30.5 Å². The van der Waals surface area contributed by atoms with Gasteiger partial charge in [-0.05, 0) is 12.5 Å². The van der Waals surface area contributed by atoms with Crippen LogP contribution < -0.4 is 4.72 Å². The molecule has 2 N–H and O–H groups in total. The maximum absolute atomic E-state index is 11.9. The van der Waals surface area contributed by atoms with E-state index in [1.807, 2.05) is 0 Å². The smallest absolute Gasteiger partial charge is 0.267 e. The second-order valence-corrected chi connectivity index (χ2v) is 5.94. The minimum absolute atomic E-state index is 0.0801. The molecule has 1 heterocycles. The molecule has 9 heteroatoms. The number of benzene rings is 1. The first kappa shape index (κ1) is 14.0. The number of hydrogen-bond donors (Lipinski definition) is 2. The lowest BCUT2D eigenvalue weighted by Gasteiger charge is -2.06. The van der Waals surface area contributed by atoms with Gasteiger partial charge in [0.15, 0.2) is 0 Å². The van der Waals surface area contributed by atoms with Crippen molar-refractivity contribution in [3.63, 3.8) is 0 Å². The quantitative estimate of drug-likeness (QED) is 0.641. The van der Waals surface area contributed by atoms with Crippen molar-refractivity contribution in [2.24, 2.45) is 0 Å². The van der Waals surface area contributed by atoms with Crippen molar-refractivity contribution in [2.75, 3.05) is 4.72 Å². The predicted octanol–water partition coefficient (Wildman–Crippen LogP) is 1.57. The fourth-order valence-corrected chi connectivity index (χ4v) is 2.80. The third kappa shape index (κ3) is 3.32. The van der Waals surface area contributed by atoms with Gasteiger partial charge in [-0.3, -0.25) is 19.9 Å². The van der Waals surface area contributed by atoms with E-state index in [2.05, 4.69) is 14.9 Å². The van der Waals surface area contributed by atoms with Crippen LogP contribution in [0.4, 0.5) is 11.5 Å². The Kier molecular flexibility index (Phi) is 3.70. The molecule has 0 radical (unpaired) electrons. The number of rotatable bonds is 5. The highest BCUT2D eigenvalue weighted by molar-refractivity contribution is 7.91. The summed E-state index contributed by atoms with van der Waals surface area (Å²) in [6.45, 7) is 1.72. The Labute approximate surface area is 115 Å². The van der Waals surface area contributed by atoms with Crippen LogP contribution in [0.1, 0.15) is 11.1 Å². The molecule has 0 saturated carbocycles. The number of anilines is 1.